The second-order valence-corrected chi connectivity index (χ2v) is 6.61. The molecule has 0 saturated carbocycles. The Balaban J connectivity index is 2.46. The molecule has 0 fully saturated rings. The van der Waals surface area contributed by atoms with Crippen molar-refractivity contribution in [1.82, 2.24) is 20.5 Å². The minimum absolute atomic E-state index is 0.0799. The average Bonchev–Trinajstić information content (AvgIpc) is 2.43. The van der Waals surface area contributed by atoms with Crippen molar-refractivity contribution in [3.05, 3.63) is 29.8 Å². The predicted octanol–water partition coefficient (Wildman–Crippen LogP) is -1.02. The van der Waals surface area contributed by atoms with E-state index in [9.17, 15) is 18.0 Å². The van der Waals surface area contributed by atoms with Gasteiger partial charge in [0.2, 0.25) is 15.9 Å². The second kappa shape index (κ2) is 7.87. The molecule has 9 heteroatoms. The van der Waals surface area contributed by atoms with Crippen LogP contribution in [-0.4, -0.2) is 52.4 Å². The molecule has 0 atom stereocenters. The van der Waals surface area contributed by atoms with E-state index in [1.807, 2.05) is 6.92 Å². The molecule has 0 aliphatic rings. The molecule has 2 amide bonds. The summed E-state index contributed by atoms with van der Waals surface area (Å²) in [5.74, 6) is -0.996. The Morgan fingerprint density at radius 3 is 2.18 bits per heavy atom. The highest BCUT2D eigenvalue weighted by molar-refractivity contribution is 7.89. The number of carbonyl (C=O) groups excluding carboxylic acids is 2. The molecule has 0 spiro atoms. The Morgan fingerprint density at radius 2 is 1.64 bits per heavy atom. The molecule has 8 nitrogen and oxygen atoms in total. The van der Waals surface area contributed by atoms with Gasteiger partial charge in [0.15, 0.2) is 0 Å². The number of nitrogens with zero attached hydrogens (tertiary/aromatic N) is 1. The molecule has 3 N–H and O–H groups in total. The van der Waals surface area contributed by atoms with Crippen molar-refractivity contribution in [3.8, 4) is 0 Å². The third-order valence-corrected chi connectivity index (χ3v) is 3.97. The normalized spacial score (nSPS) is 11.3. The lowest BCUT2D eigenvalue weighted by molar-refractivity contribution is -0.127. The van der Waals surface area contributed by atoms with Gasteiger partial charge in [-0.2, -0.15) is 0 Å². The Kier molecular flexibility index (Phi) is 6.47. The summed E-state index contributed by atoms with van der Waals surface area (Å²) in [5.41, 5.74) is 3.38. The number of hydrogen-bond donors (Lipinski definition) is 3. The Labute approximate surface area is 129 Å². The fraction of sp³-hybridized carbons (Fsp3) is 0.385. The first-order valence-corrected chi connectivity index (χ1v) is 7.99. The van der Waals surface area contributed by atoms with Crippen LogP contribution in [0, 0.1) is 6.92 Å². The quantitative estimate of drug-likeness (QED) is 0.556. The van der Waals surface area contributed by atoms with E-state index < -0.39 is 28.4 Å². The maximum atomic E-state index is 12.0. The van der Waals surface area contributed by atoms with Gasteiger partial charge in [-0.25, -0.2) is 18.1 Å². The van der Waals surface area contributed by atoms with Crippen LogP contribution >= 0.6 is 0 Å². The zero-order valence-corrected chi connectivity index (χ0v) is 13.5. The van der Waals surface area contributed by atoms with Gasteiger partial charge in [-0.1, -0.05) is 17.7 Å². The molecule has 0 bridgehead atoms. The van der Waals surface area contributed by atoms with Gasteiger partial charge in [0, 0.05) is 14.1 Å². The van der Waals surface area contributed by atoms with Crippen molar-refractivity contribution in [2.45, 2.75) is 11.8 Å². The van der Waals surface area contributed by atoms with Gasteiger partial charge in [0.1, 0.15) is 0 Å². The van der Waals surface area contributed by atoms with Crippen LogP contribution in [0.4, 0.5) is 0 Å². The third kappa shape index (κ3) is 6.20. The lowest BCUT2D eigenvalue weighted by Gasteiger charge is -2.12. The molecular weight excluding hydrogens is 308 g/mol. The highest BCUT2D eigenvalue weighted by Crippen LogP contribution is 2.09. The summed E-state index contributed by atoms with van der Waals surface area (Å²) in [7, 11) is -0.481. The van der Waals surface area contributed by atoms with Gasteiger partial charge >= 0.3 is 0 Å². The van der Waals surface area contributed by atoms with Crippen LogP contribution in [0.3, 0.4) is 0 Å². The lowest BCUT2D eigenvalue weighted by Crippen LogP contribution is -2.45. The summed E-state index contributed by atoms with van der Waals surface area (Å²) in [4.78, 5) is 22.9. The third-order valence-electron chi connectivity index (χ3n) is 2.55. The van der Waals surface area contributed by atoms with E-state index in [-0.39, 0.29) is 11.4 Å². The van der Waals surface area contributed by atoms with Crippen LogP contribution in [0.2, 0.25) is 0 Å². The number of benzene rings is 1. The summed E-state index contributed by atoms with van der Waals surface area (Å²) in [6.07, 6.45) is 0. The van der Waals surface area contributed by atoms with Crippen molar-refractivity contribution in [3.63, 3.8) is 0 Å². The summed E-state index contributed by atoms with van der Waals surface area (Å²) in [5, 5.41) is 3.76. The van der Waals surface area contributed by atoms with Gasteiger partial charge in [-0.15, -0.1) is 0 Å². The van der Waals surface area contributed by atoms with E-state index in [1.54, 1.807) is 26.2 Å². The van der Waals surface area contributed by atoms with Crippen molar-refractivity contribution < 1.29 is 18.0 Å². The monoisotopic (exact) mass is 328 g/mol. The SMILES string of the molecule is Cc1ccc(S(=O)(=O)NCC(=O)NCC(=O)NN(C)C)cc1. The molecule has 1 aromatic carbocycles. The zero-order valence-electron chi connectivity index (χ0n) is 12.7. The van der Waals surface area contributed by atoms with Crippen LogP contribution < -0.4 is 15.5 Å². The summed E-state index contributed by atoms with van der Waals surface area (Å²) >= 11 is 0. The van der Waals surface area contributed by atoms with Crippen molar-refractivity contribution in [2.24, 2.45) is 0 Å². The maximum absolute atomic E-state index is 12.0. The molecule has 1 rings (SSSR count). The Bertz CT molecular complexity index is 626. The average molecular weight is 328 g/mol. The standard InChI is InChI=1S/C13H20N4O4S/c1-10-4-6-11(7-5-10)22(20,21)15-9-12(18)14-8-13(19)16-17(2)3/h4-7,15H,8-9H2,1-3H3,(H,14,18)(H,16,19). The van der Waals surface area contributed by atoms with E-state index in [0.29, 0.717) is 0 Å². The van der Waals surface area contributed by atoms with Crippen LogP contribution in [-0.2, 0) is 19.6 Å². The van der Waals surface area contributed by atoms with E-state index in [4.69, 9.17) is 0 Å². The van der Waals surface area contributed by atoms with E-state index in [1.165, 1.54) is 17.1 Å². The zero-order chi connectivity index (χ0) is 16.8. The largest absolute Gasteiger partial charge is 0.346 e. The molecule has 0 aromatic heterocycles. The number of nitrogens with one attached hydrogen (secondary N) is 3. The van der Waals surface area contributed by atoms with E-state index in [2.05, 4.69) is 15.5 Å². The van der Waals surface area contributed by atoms with Crippen LogP contribution in [0.1, 0.15) is 5.56 Å². The number of aryl methyl sites for hydroxylation is 1. The van der Waals surface area contributed by atoms with Gasteiger partial charge < -0.3 is 5.32 Å². The van der Waals surface area contributed by atoms with Crippen molar-refractivity contribution >= 4 is 21.8 Å². The summed E-state index contributed by atoms with van der Waals surface area (Å²) in [6, 6.07) is 6.25. The minimum atomic E-state index is -3.75. The van der Waals surface area contributed by atoms with Gasteiger partial charge in [0.25, 0.3) is 5.91 Å². The van der Waals surface area contributed by atoms with Crippen LogP contribution in [0.25, 0.3) is 0 Å². The van der Waals surface area contributed by atoms with Gasteiger partial charge in [0.05, 0.1) is 18.0 Å². The highest BCUT2D eigenvalue weighted by Gasteiger charge is 2.15. The fourth-order valence-corrected chi connectivity index (χ4v) is 2.47. The molecular formula is C13H20N4O4S. The number of hydrogen-bond acceptors (Lipinski definition) is 5. The smallest absolute Gasteiger partial charge is 0.253 e. The van der Waals surface area contributed by atoms with Crippen molar-refractivity contribution in [1.29, 1.82) is 0 Å². The van der Waals surface area contributed by atoms with Crippen molar-refractivity contribution in [2.75, 3.05) is 27.2 Å². The second-order valence-electron chi connectivity index (χ2n) is 4.84. The molecule has 122 valence electrons. The first-order valence-electron chi connectivity index (χ1n) is 6.50. The van der Waals surface area contributed by atoms with Crippen LogP contribution in [0.5, 0.6) is 0 Å². The lowest BCUT2D eigenvalue weighted by atomic mass is 10.2. The summed E-state index contributed by atoms with van der Waals surface area (Å²) < 4.78 is 26.1. The number of rotatable bonds is 7. The number of sulfonamides is 1. The molecule has 0 aliphatic heterocycles. The number of hydrazine groups is 1. The molecule has 0 unspecified atom stereocenters. The number of carbonyl (C=O) groups is 2. The summed E-state index contributed by atoms with van der Waals surface area (Å²) in [6.45, 7) is 1.17. The Morgan fingerprint density at radius 1 is 1.05 bits per heavy atom. The first kappa shape index (κ1) is 18.1. The molecule has 0 radical (unpaired) electrons. The van der Waals surface area contributed by atoms with E-state index >= 15 is 0 Å². The molecule has 0 heterocycles. The molecule has 22 heavy (non-hydrogen) atoms. The minimum Gasteiger partial charge on any atom is -0.346 e. The number of amides is 2. The first-order chi connectivity index (χ1) is 10.2. The highest BCUT2D eigenvalue weighted by atomic mass is 32.2. The van der Waals surface area contributed by atoms with Gasteiger partial charge in [-0.3, -0.25) is 15.0 Å². The fourth-order valence-electron chi connectivity index (χ4n) is 1.49. The molecule has 1 aromatic rings. The Hall–Kier alpha value is -1.97. The molecule has 0 aliphatic carbocycles. The maximum Gasteiger partial charge on any atom is 0.253 e. The van der Waals surface area contributed by atoms with Gasteiger partial charge in [-0.05, 0) is 19.1 Å². The predicted molar refractivity (Wildman–Crippen MR) is 81.2 cm³/mol. The molecule has 0 saturated heterocycles. The van der Waals surface area contributed by atoms with Crippen LogP contribution in [0.15, 0.2) is 29.2 Å². The topological polar surface area (TPSA) is 108 Å². The van der Waals surface area contributed by atoms with E-state index in [0.717, 1.165) is 5.56 Å².